The van der Waals surface area contributed by atoms with E-state index in [0.29, 0.717) is 4.90 Å². The standard InChI is InChI=1S/C17H28N2O2S/c1-12-10-14(17(3,4)5)11-13(2)16(12)22(20,21)19-15-6-8-18-9-7-15/h10-11,15,18-19H,6-9H2,1-5H3. The van der Waals surface area contributed by atoms with E-state index in [1.165, 1.54) is 5.56 Å². The van der Waals surface area contributed by atoms with Gasteiger partial charge in [0.15, 0.2) is 0 Å². The summed E-state index contributed by atoms with van der Waals surface area (Å²) >= 11 is 0. The lowest BCUT2D eigenvalue weighted by molar-refractivity contribution is 0.427. The number of benzene rings is 1. The predicted molar refractivity (Wildman–Crippen MR) is 90.8 cm³/mol. The number of nitrogens with one attached hydrogen (secondary N) is 2. The zero-order valence-corrected chi connectivity index (χ0v) is 15.1. The molecule has 4 nitrogen and oxygen atoms in total. The maximum atomic E-state index is 12.8. The van der Waals surface area contributed by atoms with Crippen LogP contribution in [-0.4, -0.2) is 27.5 Å². The quantitative estimate of drug-likeness (QED) is 0.898. The minimum Gasteiger partial charge on any atom is -0.317 e. The lowest BCUT2D eigenvalue weighted by atomic mass is 9.85. The van der Waals surface area contributed by atoms with Crippen LogP contribution in [0.2, 0.25) is 0 Å². The molecule has 1 saturated heterocycles. The number of hydrogen-bond acceptors (Lipinski definition) is 3. The van der Waals surface area contributed by atoms with Crippen LogP contribution in [0.15, 0.2) is 17.0 Å². The first kappa shape index (κ1) is 17.4. The SMILES string of the molecule is Cc1cc(C(C)(C)C)cc(C)c1S(=O)(=O)NC1CCNCC1. The predicted octanol–water partition coefficient (Wildman–Crippen LogP) is 2.63. The maximum absolute atomic E-state index is 12.8. The van der Waals surface area contributed by atoms with E-state index in [-0.39, 0.29) is 11.5 Å². The fourth-order valence-corrected chi connectivity index (χ4v) is 4.78. The molecule has 5 heteroatoms. The highest BCUT2D eigenvalue weighted by Gasteiger charge is 2.26. The Bertz CT molecular complexity index is 616. The third-order valence-electron chi connectivity index (χ3n) is 4.26. The fraction of sp³-hybridized carbons (Fsp3) is 0.647. The zero-order chi connectivity index (χ0) is 16.5. The molecule has 0 unspecified atom stereocenters. The highest BCUT2D eigenvalue weighted by atomic mass is 32.2. The van der Waals surface area contributed by atoms with Crippen LogP contribution in [0.4, 0.5) is 0 Å². The second-order valence-electron chi connectivity index (χ2n) is 7.33. The molecule has 124 valence electrons. The van der Waals surface area contributed by atoms with E-state index >= 15 is 0 Å². The monoisotopic (exact) mass is 324 g/mol. The molecule has 1 aliphatic rings. The van der Waals surface area contributed by atoms with Crippen LogP contribution in [0.25, 0.3) is 0 Å². The van der Waals surface area contributed by atoms with E-state index in [0.717, 1.165) is 37.1 Å². The Morgan fingerprint density at radius 3 is 2.05 bits per heavy atom. The van der Waals surface area contributed by atoms with Crippen molar-refractivity contribution in [2.45, 2.75) is 63.8 Å². The zero-order valence-electron chi connectivity index (χ0n) is 14.3. The topological polar surface area (TPSA) is 58.2 Å². The van der Waals surface area contributed by atoms with Gasteiger partial charge in [-0.15, -0.1) is 0 Å². The summed E-state index contributed by atoms with van der Waals surface area (Å²) in [5, 5.41) is 3.25. The summed E-state index contributed by atoms with van der Waals surface area (Å²) in [6.07, 6.45) is 1.69. The summed E-state index contributed by atoms with van der Waals surface area (Å²) in [7, 11) is -3.46. The molecule has 2 rings (SSSR count). The van der Waals surface area contributed by atoms with Gasteiger partial charge >= 0.3 is 0 Å². The molecule has 0 saturated carbocycles. The molecule has 1 aromatic carbocycles. The molecule has 0 atom stereocenters. The van der Waals surface area contributed by atoms with E-state index in [1.807, 2.05) is 26.0 Å². The van der Waals surface area contributed by atoms with Gasteiger partial charge < -0.3 is 5.32 Å². The van der Waals surface area contributed by atoms with Gasteiger partial charge in [0, 0.05) is 6.04 Å². The fourth-order valence-electron chi connectivity index (χ4n) is 3.03. The number of aryl methyl sites for hydroxylation is 2. The van der Waals surface area contributed by atoms with Crippen LogP contribution in [-0.2, 0) is 15.4 Å². The lowest BCUT2D eigenvalue weighted by Gasteiger charge is -2.26. The van der Waals surface area contributed by atoms with Gasteiger partial charge in [-0.25, -0.2) is 13.1 Å². The van der Waals surface area contributed by atoms with Crippen LogP contribution in [0, 0.1) is 13.8 Å². The molecule has 0 bridgehead atoms. The Labute approximate surface area is 134 Å². The van der Waals surface area contributed by atoms with Gasteiger partial charge in [-0.2, -0.15) is 0 Å². The summed E-state index contributed by atoms with van der Waals surface area (Å²) in [4.78, 5) is 0.444. The summed E-state index contributed by atoms with van der Waals surface area (Å²) < 4.78 is 28.4. The maximum Gasteiger partial charge on any atom is 0.241 e. The molecule has 0 aromatic heterocycles. The minimum atomic E-state index is -3.46. The van der Waals surface area contributed by atoms with E-state index in [4.69, 9.17) is 0 Å². The summed E-state index contributed by atoms with van der Waals surface area (Å²) in [5.74, 6) is 0. The molecular formula is C17H28N2O2S. The number of sulfonamides is 1. The highest BCUT2D eigenvalue weighted by molar-refractivity contribution is 7.89. The first-order valence-corrected chi connectivity index (χ1v) is 9.44. The second-order valence-corrected chi connectivity index (χ2v) is 8.99. The number of piperidine rings is 1. The molecule has 0 spiro atoms. The summed E-state index contributed by atoms with van der Waals surface area (Å²) in [6, 6.07) is 4.04. The number of rotatable bonds is 3. The smallest absolute Gasteiger partial charge is 0.241 e. The van der Waals surface area contributed by atoms with Crippen LogP contribution in [0.3, 0.4) is 0 Å². The Kier molecular flexibility index (Phi) is 5.00. The van der Waals surface area contributed by atoms with Gasteiger partial charge in [-0.05, 0) is 61.9 Å². The van der Waals surface area contributed by atoms with Crippen LogP contribution in [0.5, 0.6) is 0 Å². The molecule has 0 radical (unpaired) electrons. The average molecular weight is 324 g/mol. The van der Waals surface area contributed by atoms with Crippen molar-refractivity contribution in [1.82, 2.24) is 10.0 Å². The van der Waals surface area contributed by atoms with Gasteiger partial charge in [-0.3, -0.25) is 0 Å². The van der Waals surface area contributed by atoms with Crippen LogP contribution in [0.1, 0.15) is 50.3 Å². The number of hydrogen-bond donors (Lipinski definition) is 2. The average Bonchev–Trinajstić information content (AvgIpc) is 2.36. The molecule has 1 fully saturated rings. The molecule has 2 N–H and O–H groups in total. The highest BCUT2D eigenvalue weighted by Crippen LogP contribution is 2.29. The molecular weight excluding hydrogens is 296 g/mol. The van der Waals surface area contributed by atoms with Crippen molar-refractivity contribution in [1.29, 1.82) is 0 Å². The van der Waals surface area contributed by atoms with Crippen LogP contribution < -0.4 is 10.0 Å². The molecule has 22 heavy (non-hydrogen) atoms. The van der Waals surface area contributed by atoms with Crippen molar-refractivity contribution >= 4 is 10.0 Å². The Morgan fingerprint density at radius 2 is 1.59 bits per heavy atom. The van der Waals surface area contributed by atoms with Crippen molar-refractivity contribution in [3.8, 4) is 0 Å². The van der Waals surface area contributed by atoms with Crippen LogP contribution >= 0.6 is 0 Å². The van der Waals surface area contributed by atoms with E-state index < -0.39 is 10.0 Å². The van der Waals surface area contributed by atoms with Crippen molar-refractivity contribution in [2.75, 3.05) is 13.1 Å². The van der Waals surface area contributed by atoms with E-state index in [1.54, 1.807) is 0 Å². The Morgan fingerprint density at radius 1 is 1.09 bits per heavy atom. The third-order valence-corrected chi connectivity index (χ3v) is 6.08. The first-order valence-electron chi connectivity index (χ1n) is 7.96. The molecule has 1 heterocycles. The summed E-state index contributed by atoms with van der Waals surface area (Å²) in [6.45, 7) is 11.9. The van der Waals surface area contributed by atoms with Gasteiger partial charge in [-0.1, -0.05) is 32.9 Å². The Balaban J connectivity index is 2.34. The largest absolute Gasteiger partial charge is 0.317 e. The molecule has 1 aromatic rings. The van der Waals surface area contributed by atoms with Gasteiger partial charge in [0.05, 0.1) is 4.90 Å². The van der Waals surface area contributed by atoms with Crippen molar-refractivity contribution in [3.63, 3.8) is 0 Å². The summed E-state index contributed by atoms with van der Waals surface area (Å²) in [5.41, 5.74) is 2.83. The normalized spacial score (nSPS) is 17.7. The lowest BCUT2D eigenvalue weighted by Crippen LogP contribution is -2.43. The van der Waals surface area contributed by atoms with E-state index in [2.05, 4.69) is 30.8 Å². The Hall–Kier alpha value is -0.910. The van der Waals surface area contributed by atoms with Crippen molar-refractivity contribution in [3.05, 3.63) is 28.8 Å². The van der Waals surface area contributed by atoms with Crippen molar-refractivity contribution in [2.24, 2.45) is 0 Å². The molecule has 0 amide bonds. The van der Waals surface area contributed by atoms with Gasteiger partial charge in [0.1, 0.15) is 0 Å². The van der Waals surface area contributed by atoms with E-state index in [9.17, 15) is 8.42 Å². The third kappa shape index (κ3) is 3.89. The molecule has 1 aliphatic heterocycles. The molecule has 0 aliphatic carbocycles. The van der Waals surface area contributed by atoms with Crippen molar-refractivity contribution < 1.29 is 8.42 Å². The van der Waals surface area contributed by atoms with Gasteiger partial charge in [0.25, 0.3) is 0 Å². The first-order chi connectivity index (χ1) is 10.1. The minimum absolute atomic E-state index is 0.0142. The second kappa shape index (κ2) is 6.30. The van der Waals surface area contributed by atoms with Gasteiger partial charge in [0.2, 0.25) is 10.0 Å².